The van der Waals surface area contributed by atoms with Crippen LogP contribution in [0.1, 0.15) is 18.3 Å². The maximum absolute atomic E-state index is 10.7. The van der Waals surface area contributed by atoms with E-state index in [2.05, 4.69) is 21.4 Å². The molecule has 0 saturated carbocycles. The molecule has 2 rings (SSSR count). The van der Waals surface area contributed by atoms with E-state index in [1.807, 2.05) is 6.07 Å². The molecule has 2 aromatic rings. The Bertz CT molecular complexity index is 594. The molecule has 0 aliphatic carbocycles. The van der Waals surface area contributed by atoms with Crippen molar-refractivity contribution in [3.05, 3.63) is 29.6 Å². The first kappa shape index (κ1) is 11.1. The van der Waals surface area contributed by atoms with Crippen molar-refractivity contribution in [3.63, 3.8) is 0 Å². The number of aromatic nitrogens is 2. The van der Waals surface area contributed by atoms with Crippen molar-refractivity contribution in [1.82, 2.24) is 15.3 Å². The minimum Gasteiger partial charge on any atom is -0.356 e. The Balaban J connectivity index is 2.15. The molecular formula is C12H12N4O. The summed E-state index contributed by atoms with van der Waals surface area (Å²) in [6, 6.07) is 7.40. The third-order valence-electron chi connectivity index (χ3n) is 2.40. The molecule has 1 aromatic carbocycles. The lowest BCUT2D eigenvalue weighted by Gasteiger charge is -1.97. The van der Waals surface area contributed by atoms with Crippen LogP contribution in [0.5, 0.6) is 0 Å². The molecule has 0 saturated heterocycles. The van der Waals surface area contributed by atoms with Crippen LogP contribution in [0.25, 0.3) is 11.0 Å². The Morgan fingerprint density at radius 2 is 2.41 bits per heavy atom. The van der Waals surface area contributed by atoms with Crippen molar-refractivity contribution in [3.8, 4) is 6.07 Å². The van der Waals surface area contributed by atoms with E-state index in [9.17, 15) is 4.79 Å². The van der Waals surface area contributed by atoms with Gasteiger partial charge in [-0.25, -0.2) is 4.98 Å². The molecule has 0 unspecified atom stereocenters. The molecule has 5 heteroatoms. The minimum atomic E-state index is -0.0483. The van der Waals surface area contributed by atoms with E-state index in [1.165, 1.54) is 6.92 Å². The number of carbonyl (C=O) groups excluding carboxylic acids is 1. The lowest BCUT2D eigenvalue weighted by atomic mass is 10.2. The van der Waals surface area contributed by atoms with Crippen LogP contribution in [0.3, 0.4) is 0 Å². The van der Waals surface area contributed by atoms with Crippen molar-refractivity contribution in [1.29, 1.82) is 5.26 Å². The van der Waals surface area contributed by atoms with Crippen molar-refractivity contribution >= 4 is 16.9 Å². The fourth-order valence-electron chi connectivity index (χ4n) is 1.61. The molecule has 0 atom stereocenters. The Morgan fingerprint density at radius 3 is 3.12 bits per heavy atom. The molecule has 1 heterocycles. The SMILES string of the molecule is CC(=O)NCCc1nc2ccc(C#N)cc2[nH]1. The van der Waals surface area contributed by atoms with E-state index < -0.39 is 0 Å². The second kappa shape index (κ2) is 4.66. The average Bonchev–Trinajstić information content (AvgIpc) is 2.69. The molecule has 0 fully saturated rings. The van der Waals surface area contributed by atoms with Crippen LogP contribution in [0.4, 0.5) is 0 Å². The molecule has 0 aliphatic heterocycles. The van der Waals surface area contributed by atoms with Gasteiger partial charge in [0, 0.05) is 19.9 Å². The van der Waals surface area contributed by atoms with Gasteiger partial charge in [-0.15, -0.1) is 0 Å². The van der Waals surface area contributed by atoms with E-state index >= 15 is 0 Å². The van der Waals surface area contributed by atoms with Crippen LogP contribution >= 0.6 is 0 Å². The van der Waals surface area contributed by atoms with Gasteiger partial charge in [0.25, 0.3) is 0 Å². The van der Waals surface area contributed by atoms with Crippen molar-refractivity contribution in [2.24, 2.45) is 0 Å². The standard InChI is InChI=1S/C12H12N4O/c1-8(17)14-5-4-12-15-10-3-2-9(7-13)6-11(10)16-12/h2-3,6H,4-5H2,1H3,(H,14,17)(H,15,16). The number of imidazole rings is 1. The molecular weight excluding hydrogens is 216 g/mol. The summed E-state index contributed by atoms with van der Waals surface area (Å²) in [6.45, 7) is 2.04. The number of hydrogen-bond acceptors (Lipinski definition) is 3. The zero-order chi connectivity index (χ0) is 12.3. The topological polar surface area (TPSA) is 81.6 Å². The quantitative estimate of drug-likeness (QED) is 0.825. The minimum absolute atomic E-state index is 0.0483. The summed E-state index contributed by atoms with van der Waals surface area (Å²) in [6.07, 6.45) is 0.649. The zero-order valence-electron chi connectivity index (χ0n) is 9.45. The predicted octanol–water partition coefficient (Wildman–Crippen LogP) is 1.11. The van der Waals surface area contributed by atoms with E-state index in [4.69, 9.17) is 5.26 Å². The molecule has 1 aromatic heterocycles. The highest BCUT2D eigenvalue weighted by atomic mass is 16.1. The van der Waals surface area contributed by atoms with Gasteiger partial charge < -0.3 is 10.3 Å². The Morgan fingerprint density at radius 1 is 1.59 bits per heavy atom. The Labute approximate surface area is 98.5 Å². The van der Waals surface area contributed by atoms with Gasteiger partial charge in [-0.3, -0.25) is 4.79 Å². The summed E-state index contributed by atoms with van der Waals surface area (Å²) in [5.74, 6) is 0.761. The third kappa shape index (κ3) is 2.61. The maximum atomic E-state index is 10.7. The highest BCUT2D eigenvalue weighted by Crippen LogP contribution is 2.13. The first-order valence-electron chi connectivity index (χ1n) is 5.32. The summed E-state index contributed by atoms with van der Waals surface area (Å²) < 4.78 is 0. The van der Waals surface area contributed by atoms with Gasteiger partial charge >= 0.3 is 0 Å². The summed E-state index contributed by atoms with van der Waals surface area (Å²) in [7, 11) is 0. The third-order valence-corrected chi connectivity index (χ3v) is 2.40. The summed E-state index contributed by atoms with van der Waals surface area (Å²) >= 11 is 0. The second-order valence-electron chi connectivity index (χ2n) is 3.76. The molecule has 0 spiro atoms. The van der Waals surface area contributed by atoms with Crippen LogP contribution in [0.2, 0.25) is 0 Å². The number of nitrogens with zero attached hydrogens (tertiary/aromatic N) is 2. The van der Waals surface area contributed by atoms with Crippen molar-refractivity contribution < 1.29 is 4.79 Å². The summed E-state index contributed by atoms with van der Waals surface area (Å²) in [5.41, 5.74) is 2.29. The van der Waals surface area contributed by atoms with Gasteiger partial charge in [0.05, 0.1) is 22.7 Å². The summed E-state index contributed by atoms with van der Waals surface area (Å²) in [5, 5.41) is 11.5. The Kier molecular flexibility index (Phi) is 3.06. The number of carbonyl (C=O) groups is 1. The van der Waals surface area contributed by atoms with Gasteiger partial charge in [-0.1, -0.05) is 0 Å². The lowest BCUT2D eigenvalue weighted by molar-refractivity contribution is -0.118. The number of rotatable bonds is 3. The van der Waals surface area contributed by atoms with Crippen molar-refractivity contribution in [2.45, 2.75) is 13.3 Å². The number of fused-ring (bicyclic) bond motifs is 1. The van der Waals surface area contributed by atoms with E-state index in [1.54, 1.807) is 12.1 Å². The number of H-pyrrole nitrogens is 1. The number of nitriles is 1. The van der Waals surface area contributed by atoms with Crippen LogP contribution in [0.15, 0.2) is 18.2 Å². The molecule has 17 heavy (non-hydrogen) atoms. The van der Waals surface area contributed by atoms with E-state index in [0.717, 1.165) is 16.9 Å². The molecule has 5 nitrogen and oxygen atoms in total. The van der Waals surface area contributed by atoms with Crippen LogP contribution in [-0.2, 0) is 11.2 Å². The smallest absolute Gasteiger partial charge is 0.216 e. The number of amides is 1. The normalized spacial score (nSPS) is 10.1. The Hall–Kier alpha value is -2.35. The first-order valence-corrected chi connectivity index (χ1v) is 5.32. The number of nitrogens with one attached hydrogen (secondary N) is 2. The van der Waals surface area contributed by atoms with E-state index in [-0.39, 0.29) is 5.91 Å². The van der Waals surface area contributed by atoms with Crippen LogP contribution < -0.4 is 5.32 Å². The maximum Gasteiger partial charge on any atom is 0.216 e. The number of benzene rings is 1. The van der Waals surface area contributed by atoms with Gasteiger partial charge in [0.15, 0.2) is 0 Å². The fourth-order valence-corrected chi connectivity index (χ4v) is 1.61. The average molecular weight is 228 g/mol. The lowest BCUT2D eigenvalue weighted by Crippen LogP contribution is -2.22. The highest BCUT2D eigenvalue weighted by Gasteiger charge is 2.03. The molecule has 86 valence electrons. The van der Waals surface area contributed by atoms with Crippen molar-refractivity contribution in [2.75, 3.05) is 6.54 Å². The fraction of sp³-hybridized carbons (Fsp3) is 0.250. The molecule has 0 radical (unpaired) electrons. The van der Waals surface area contributed by atoms with Gasteiger partial charge in [-0.2, -0.15) is 5.26 Å². The van der Waals surface area contributed by atoms with Gasteiger partial charge in [0.2, 0.25) is 5.91 Å². The van der Waals surface area contributed by atoms with E-state index in [0.29, 0.717) is 18.5 Å². The highest BCUT2D eigenvalue weighted by molar-refractivity contribution is 5.76. The monoisotopic (exact) mass is 228 g/mol. The van der Waals surface area contributed by atoms with Gasteiger partial charge in [0.1, 0.15) is 5.82 Å². The van der Waals surface area contributed by atoms with Gasteiger partial charge in [-0.05, 0) is 18.2 Å². The predicted molar refractivity (Wildman–Crippen MR) is 63.2 cm³/mol. The molecule has 1 amide bonds. The zero-order valence-corrected chi connectivity index (χ0v) is 9.45. The van der Waals surface area contributed by atoms with Crippen LogP contribution in [0, 0.1) is 11.3 Å². The van der Waals surface area contributed by atoms with Crippen LogP contribution in [-0.4, -0.2) is 22.4 Å². The summed E-state index contributed by atoms with van der Waals surface area (Å²) in [4.78, 5) is 18.2. The number of aromatic amines is 1. The molecule has 0 aliphatic rings. The number of hydrogen-bond donors (Lipinski definition) is 2. The second-order valence-corrected chi connectivity index (χ2v) is 3.76. The first-order chi connectivity index (χ1) is 8.19. The largest absolute Gasteiger partial charge is 0.356 e. The molecule has 0 bridgehead atoms. The molecule has 2 N–H and O–H groups in total.